The van der Waals surface area contributed by atoms with Crippen LogP contribution >= 0.6 is 0 Å². The van der Waals surface area contributed by atoms with Crippen LogP contribution in [0, 0.1) is 11.8 Å². The van der Waals surface area contributed by atoms with E-state index in [4.69, 9.17) is 10.2 Å². The summed E-state index contributed by atoms with van der Waals surface area (Å²) in [5.41, 5.74) is 0. The van der Waals surface area contributed by atoms with Gasteiger partial charge in [-0.1, -0.05) is 0 Å². The summed E-state index contributed by atoms with van der Waals surface area (Å²) in [6.07, 6.45) is 1.32. The maximum absolute atomic E-state index is 11.8. The van der Waals surface area contributed by atoms with E-state index in [1.807, 2.05) is 0 Å². The number of aliphatic hydroxyl groups is 2. The van der Waals surface area contributed by atoms with Crippen LogP contribution in [0.4, 0.5) is 4.79 Å². The Labute approximate surface area is 104 Å². The van der Waals surface area contributed by atoms with Crippen molar-refractivity contribution >= 4 is 12.0 Å². The summed E-state index contributed by atoms with van der Waals surface area (Å²) < 4.78 is 0. The lowest BCUT2D eigenvalue weighted by atomic mass is 10.00. The number of hydrogen-bond donors (Lipinski definition) is 4. The number of nitrogens with one attached hydrogen (secondary N) is 1. The third kappa shape index (κ3) is 2.41. The molecule has 1 heterocycles. The van der Waals surface area contributed by atoms with Crippen molar-refractivity contribution in [1.82, 2.24) is 10.2 Å². The predicted molar refractivity (Wildman–Crippen MR) is 60.8 cm³/mol. The molecule has 18 heavy (non-hydrogen) atoms. The van der Waals surface area contributed by atoms with E-state index in [9.17, 15) is 14.7 Å². The van der Waals surface area contributed by atoms with Crippen LogP contribution in [0.25, 0.3) is 0 Å². The Balaban J connectivity index is 1.90. The highest BCUT2D eigenvalue weighted by Gasteiger charge is 2.43. The molecule has 0 aromatic carbocycles. The molecule has 7 heteroatoms. The molecular weight excluding hydrogens is 240 g/mol. The van der Waals surface area contributed by atoms with Crippen molar-refractivity contribution in [1.29, 1.82) is 0 Å². The highest BCUT2D eigenvalue weighted by atomic mass is 16.4. The number of carbonyl (C=O) groups excluding carboxylic acids is 1. The molecule has 3 unspecified atom stereocenters. The van der Waals surface area contributed by atoms with Gasteiger partial charge in [0.05, 0.1) is 12.7 Å². The zero-order valence-corrected chi connectivity index (χ0v) is 9.95. The number of aliphatic carboxylic acids is 1. The van der Waals surface area contributed by atoms with Crippen molar-refractivity contribution in [3.8, 4) is 0 Å². The van der Waals surface area contributed by atoms with Gasteiger partial charge in [-0.3, -0.25) is 0 Å². The van der Waals surface area contributed by atoms with Crippen LogP contribution in [0.15, 0.2) is 0 Å². The number of fused-ring (bicyclic) bond motifs is 1. The van der Waals surface area contributed by atoms with Crippen molar-refractivity contribution in [2.75, 3.05) is 19.7 Å². The van der Waals surface area contributed by atoms with E-state index in [1.165, 1.54) is 4.90 Å². The van der Waals surface area contributed by atoms with Gasteiger partial charge >= 0.3 is 12.0 Å². The van der Waals surface area contributed by atoms with Gasteiger partial charge in [-0.05, 0) is 18.8 Å². The standard InChI is InChI=1S/C11H18N2O5/c14-5-8(10(16)17)12-11(18)13-3-6-1-2-9(15)7(6)4-13/h6-9,14-15H,1-5H2,(H,12,18)(H,16,17)/t6?,7?,8-,9?/m0/s1. The van der Waals surface area contributed by atoms with Crippen LogP contribution in [0.5, 0.6) is 0 Å². The summed E-state index contributed by atoms with van der Waals surface area (Å²) in [4.78, 5) is 24.0. The normalized spacial score (nSPS) is 32.1. The molecule has 2 amide bonds. The van der Waals surface area contributed by atoms with Crippen molar-refractivity contribution in [2.24, 2.45) is 11.8 Å². The number of nitrogens with zero attached hydrogens (tertiary/aromatic N) is 1. The van der Waals surface area contributed by atoms with Crippen molar-refractivity contribution < 1.29 is 24.9 Å². The molecule has 1 aliphatic carbocycles. The van der Waals surface area contributed by atoms with Crippen LogP contribution in [-0.2, 0) is 4.79 Å². The monoisotopic (exact) mass is 258 g/mol. The molecule has 1 aliphatic heterocycles. The van der Waals surface area contributed by atoms with Crippen molar-refractivity contribution in [2.45, 2.75) is 25.0 Å². The summed E-state index contributed by atoms with van der Waals surface area (Å²) in [7, 11) is 0. The number of urea groups is 1. The summed E-state index contributed by atoms with van der Waals surface area (Å²) in [5, 5.41) is 29.6. The molecule has 0 aromatic heterocycles. The molecule has 2 fully saturated rings. The number of carboxylic acids is 1. The Hall–Kier alpha value is -1.34. The topological polar surface area (TPSA) is 110 Å². The van der Waals surface area contributed by atoms with Crippen LogP contribution in [0.3, 0.4) is 0 Å². The number of rotatable bonds is 3. The van der Waals surface area contributed by atoms with E-state index in [0.717, 1.165) is 12.8 Å². The minimum absolute atomic E-state index is 0.105. The lowest BCUT2D eigenvalue weighted by molar-refractivity contribution is -0.140. The largest absolute Gasteiger partial charge is 0.480 e. The number of carbonyl (C=O) groups is 2. The van der Waals surface area contributed by atoms with Crippen molar-refractivity contribution in [3.63, 3.8) is 0 Å². The number of likely N-dealkylation sites (tertiary alicyclic amines) is 1. The van der Waals surface area contributed by atoms with Crippen LogP contribution in [-0.4, -0.2) is 64.1 Å². The van der Waals surface area contributed by atoms with Gasteiger partial charge in [0.25, 0.3) is 0 Å². The molecule has 102 valence electrons. The van der Waals surface area contributed by atoms with Crippen LogP contribution in [0.1, 0.15) is 12.8 Å². The van der Waals surface area contributed by atoms with E-state index in [0.29, 0.717) is 19.0 Å². The molecule has 0 aromatic rings. The third-order valence-corrected chi connectivity index (χ3v) is 3.88. The Bertz CT molecular complexity index is 348. The Kier molecular flexibility index (Phi) is 3.72. The Morgan fingerprint density at radius 3 is 2.61 bits per heavy atom. The molecule has 1 saturated carbocycles. The fourth-order valence-corrected chi connectivity index (χ4v) is 2.83. The van der Waals surface area contributed by atoms with Crippen LogP contribution in [0.2, 0.25) is 0 Å². The van der Waals surface area contributed by atoms with E-state index in [-0.39, 0.29) is 12.0 Å². The molecule has 1 saturated heterocycles. The van der Waals surface area contributed by atoms with Gasteiger partial charge in [0.2, 0.25) is 0 Å². The molecule has 7 nitrogen and oxygen atoms in total. The van der Waals surface area contributed by atoms with E-state index in [1.54, 1.807) is 0 Å². The minimum Gasteiger partial charge on any atom is -0.480 e. The lowest BCUT2D eigenvalue weighted by Crippen LogP contribution is -2.49. The fourth-order valence-electron chi connectivity index (χ4n) is 2.83. The van der Waals surface area contributed by atoms with E-state index < -0.39 is 24.6 Å². The predicted octanol–water partition coefficient (Wildman–Crippen LogP) is -1.16. The van der Waals surface area contributed by atoms with Crippen LogP contribution < -0.4 is 5.32 Å². The molecule has 0 radical (unpaired) electrons. The molecule has 4 atom stereocenters. The first-order chi connectivity index (χ1) is 8.52. The number of hydrogen-bond acceptors (Lipinski definition) is 4. The summed E-state index contributed by atoms with van der Waals surface area (Å²) >= 11 is 0. The van der Waals surface area contributed by atoms with E-state index in [2.05, 4.69) is 5.32 Å². The molecule has 2 aliphatic rings. The van der Waals surface area contributed by atoms with Gasteiger partial charge < -0.3 is 25.5 Å². The average Bonchev–Trinajstić information content (AvgIpc) is 2.88. The summed E-state index contributed by atoms with van der Waals surface area (Å²) in [6.45, 7) is 0.366. The molecular formula is C11H18N2O5. The highest BCUT2D eigenvalue weighted by Crippen LogP contribution is 2.37. The van der Waals surface area contributed by atoms with Gasteiger partial charge in [-0.25, -0.2) is 9.59 Å². The Morgan fingerprint density at radius 1 is 1.33 bits per heavy atom. The summed E-state index contributed by atoms with van der Waals surface area (Å²) in [6, 6.07) is -1.76. The SMILES string of the molecule is O=C(O)[C@H](CO)NC(=O)N1CC2CCC(O)C2C1. The lowest BCUT2D eigenvalue weighted by Gasteiger charge is -2.21. The average molecular weight is 258 g/mol. The van der Waals surface area contributed by atoms with Gasteiger partial charge in [0.1, 0.15) is 0 Å². The first-order valence-electron chi connectivity index (χ1n) is 6.10. The molecule has 4 N–H and O–H groups in total. The van der Waals surface area contributed by atoms with Gasteiger partial charge in [-0.15, -0.1) is 0 Å². The second-order valence-electron chi connectivity index (χ2n) is 5.00. The molecule has 0 bridgehead atoms. The third-order valence-electron chi connectivity index (χ3n) is 3.88. The highest BCUT2D eigenvalue weighted by molar-refractivity contribution is 5.82. The number of carboxylic acid groups (broad SMARTS) is 1. The van der Waals surface area contributed by atoms with E-state index >= 15 is 0 Å². The minimum atomic E-state index is -1.28. The second kappa shape index (κ2) is 5.11. The van der Waals surface area contributed by atoms with Gasteiger partial charge in [0.15, 0.2) is 6.04 Å². The second-order valence-corrected chi connectivity index (χ2v) is 5.00. The quantitative estimate of drug-likeness (QED) is 0.510. The first-order valence-corrected chi connectivity index (χ1v) is 6.10. The first kappa shape index (κ1) is 13.1. The van der Waals surface area contributed by atoms with Crippen molar-refractivity contribution in [3.05, 3.63) is 0 Å². The fraction of sp³-hybridized carbons (Fsp3) is 0.818. The summed E-state index contributed by atoms with van der Waals surface area (Å²) in [5.74, 6) is -0.846. The zero-order chi connectivity index (χ0) is 13.3. The maximum Gasteiger partial charge on any atom is 0.328 e. The number of amides is 2. The van der Waals surface area contributed by atoms with Gasteiger partial charge in [-0.2, -0.15) is 0 Å². The smallest absolute Gasteiger partial charge is 0.328 e. The van der Waals surface area contributed by atoms with Gasteiger partial charge in [0, 0.05) is 19.0 Å². The molecule has 0 spiro atoms. The maximum atomic E-state index is 11.8. The Morgan fingerprint density at radius 2 is 2.06 bits per heavy atom. The molecule has 2 rings (SSSR count). The number of aliphatic hydroxyl groups excluding tert-OH is 2. The zero-order valence-electron chi connectivity index (χ0n) is 9.95.